The summed E-state index contributed by atoms with van der Waals surface area (Å²) in [4.78, 5) is 11.3. The van der Waals surface area contributed by atoms with Crippen molar-refractivity contribution in [2.45, 2.75) is 26.2 Å². The summed E-state index contributed by atoms with van der Waals surface area (Å²) in [5.41, 5.74) is -0.164. The second kappa shape index (κ2) is 9.28. The van der Waals surface area contributed by atoms with Crippen molar-refractivity contribution in [3.63, 3.8) is 0 Å². The third-order valence-corrected chi connectivity index (χ3v) is 3.02. The maximum Gasteiger partial charge on any atom is 0.305 e. The predicted molar refractivity (Wildman–Crippen MR) is 71.5 cm³/mol. The fourth-order valence-corrected chi connectivity index (χ4v) is 1.68. The highest BCUT2D eigenvalue weighted by Crippen LogP contribution is 2.28. The molecule has 25 heavy (non-hydrogen) atoms. The van der Waals surface area contributed by atoms with Gasteiger partial charge in [0.2, 0.25) is 29.1 Å². The van der Waals surface area contributed by atoms with Crippen LogP contribution in [-0.2, 0) is 9.53 Å². The van der Waals surface area contributed by atoms with E-state index in [1.807, 2.05) is 0 Å². The van der Waals surface area contributed by atoms with Gasteiger partial charge in [0.25, 0.3) is 6.08 Å². The molecule has 0 aliphatic rings. The van der Waals surface area contributed by atoms with E-state index in [1.165, 1.54) is 6.92 Å². The van der Waals surface area contributed by atoms with Crippen LogP contribution in [0, 0.1) is 29.1 Å². The smallest absolute Gasteiger partial charge is 0.305 e. The normalized spacial score (nSPS) is 10.6. The van der Waals surface area contributed by atoms with E-state index in [0.717, 1.165) is 0 Å². The molecule has 3 nitrogen and oxygen atoms in total. The Hall–Kier alpha value is -2.26. The van der Waals surface area contributed by atoms with Gasteiger partial charge in [-0.2, -0.15) is 17.6 Å². The Kier molecular flexibility index (Phi) is 7.72. The second-order valence-electron chi connectivity index (χ2n) is 4.86. The summed E-state index contributed by atoms with van der Waals surface area (Å²) in [6.07, 6.45) is -1.93. The van der Waals surface area contributed by atoms with Crippen LogP contribution in [0.15, 0.2) is 11.7 Å². The van der Waals surface area contributed by atoms with Crippen molar-refractivity contribution < 1.29 is 45.0 Å². The molecule has 0 atom stereocenters. The molecule has 0 spiro atoms. The van der Waals surface area contributed by atoms with Crippen LogP contribution in [0.2, 0.25) is 0 Å². The number of hydrogen-bond donors (Lipinski definition) is 0. The summed E-state index contributed by atoms with van der Waals surface area (Å²) in [6, 6.07) is 0. The van der Waals surface area contributed by atoms with Crippen LogP contribution >= 0.6 is 0 Å². The number of esters is 1. The number of hydrogen-bond acceptors (Lipinski definition) is 3. The van der Waals surface area contributed by atoms with E-state index in [4.69, 9.17) is 0 Å². The molecule has 0 aliphatic heterocycles. The molecule has 0 unspecified atom stereocenters. The third-order valence-electron chi connectivity index (χ3n) is 3.02. The monoisotopic (exact) mass is 374 g/mol. The zero-order valence-electron chi connectivity index (χ0n) is 12.9. The van der Waals surface area contributed by atoms with E-state index >= 15 is 0 Å². The van der Waals surface area contributed by atoms with Crippen LogP contribution in [-0.4, -0.2) is 19.2 Å². The summed E-state index contributed by atoms with van der Waals surface area (Å²) < 4.78 is 98.5. The molecule has 1 rings (SSSR count). The molecule has 0 fully saturated rings. The Balaban J connectivity index is 2.44. The van der Waals surface area contributed by atoms with Crippen molar-refractivity contribution in [2.75, 3.05) is 13.2 Å². The van der Waals surface area contributed by atoms with Crippen LogP contribution in [0.25, 0.3) is 0 Å². The molecule has 0 heterocycles. The van der Waals surface area contributed by atoms with Gasteiger partial charge in [-0.25, -0.2) is 13.2 Å². The highest BCUT2D eigenvalue weighted by molar-refractivity contribution is 5.69. The summed E-state index contributed by atoms with van der Waals surface area (Å²) in [5, 5.41) is 0. The van der Waals surface area contributed by atoms with Crippen LogP contribution in [0.5, 0.6) is 5.75 Å². The van der Waals surface area contributed by atoms with Gasteiger partial charge in [0, 0.05) is 6.42 Å². The topological polar surface area (TPSA) is 35.5 Å². The zero-order valence-corrected chi connectivity index (χ0v) is 12.9. The number of allylic oxidation sites excluding steroid dienone is 1. The molecule has 0 radical (unpaired) electrons. The van der Waals surface area contributed by atoms with Gasteiger partial charge in [0.05, 0.1) is 0 Å². The molecule has 10 heteroatoms. The Labute approximate surface area is 138 Å². The molecule has 1 aromatic carbocycles. The Morgan fingerprint density at radius 3 is 1.88 bits per heavy atom. The molecule has 0 N–H and O–H groups in total. The number of carbonyl (C=O) groups is 1. The molecule has 0 bridgehead atoms. The molecule has 1 aromatic rings. The molecule has 0 aromatic heterocycles. The molecular weight excluding hydrogens is 361 g/mol. The van der Waals surface area contributed by atoms with E-state index in [2.05, 4.69) is 9.47 Å². The minimum atomic E-state index is -2.32. The van der Waals surface area contributed by atoms with E-state index < -0.39 is 60.1 Å². The SMILES string of the molecule is CC(CCCC(=O)OCCOc1c(F)c(F)c(F)c(F)c1F)=C(F)F. The molecule has 0 aliphatic carbocycles. The number of benzene rings is 1. The number of carbonyl (C=O) groups excluding carboxylic acids is 1. The fourth-order valence-electron chi connectivity index (χ4n) is 1.68. The summed E-state index contributed by atoms with van der Waals surface area (Å²) in [6.45, 7) is 0.0192. The van der Waals surface area contributed by atoms with Crippen LogP contribution < -0.4 is 4.74 Å². The van der Waals surface area contributed by atoms with E-state index in [9.17, 15) is 35.5 Å². The fraction of sp³-hybridized carbons (Fsp3) is 0.400. The highest BCUT2D eigenvalue weighted by Gasteiger charge is 2.26. The summed E-state index contributed by atoms with van der Waals surface area (Å²) in [5.74, 6) is -13.2. The summed E-state index contributed by atoms with van der Waals surface area (Å²) in [7, 11) is 0. The Morgan fingerprint density at radius 2 is 1.36 bits per heavy atom. The van der Waals surface area contributed by atoms with E-state index in [1.54, 1.807) is 0 Å². The van der Waals surface area contributed by atoms with Gasteiger partial charge in [0.1, 0.15) is 13.2 Å². The van der Waals surface area contributed by atoms with Gasteiger partial charge in [-0.05, 0) is 25.3 Å². The van der Waals surface area contributed by atoms with Gasteiger partial charge in [0.15, 0.2) is 5.75 Å². The Bertz CT molecular complexity index is 641. The first kappa shape index (κ1) is 20.8. The molecule has 0 amide bonds. The quantitative estimate of drug-likeness (QED) is 0.219. The average molecular weight is 374 g/mol. The molecule has 0 saturated carbocycles. The van der Waals surface area contributed by atoms with Crippen molar-refractivity contribution in [1.82, 2.24) is 0 Å². The first-order chi connectivity index (χ1) is 11.7. The van der Waals surface area contributed by atoms with Gasteiger partial charge < -0.3 is 9.47 Å². The van der Waals surface area contributed by atoms with Crippen molar-refractivity contribution in [2.24, 2.45) is 0 Å². The van der Waals surface area contributed by atoms with E-state index in [0.29, 0.717) is 0 Å². The van der Waals surface area contributed by atoms with Crippen molar-refractivity contribution in [1.29, 1.82) is 0 Å². The highest BCUT2D eigenvalue weighted by atomic mass is 19.3. The lowest BCUT2D eigenvalue weighted by atomic mass is 10.1. The van der Waals surface area contributed by atoms with E-state index in [-0.39, 0.29) is 24.8 Å². The van der Waals surface area contributed by atoms with Gasteiger partial charge >= 0.3 is 5.97 Å². The van der Waals surface area contributed by atoms with Crippen molar-refractivity contribution >= 4 is 5.97 Å². The average Bonchev–Trinajstić information content (AvgIpc) is 2.57. The van der Waals surface area contributed by atoms with Gasteiger partial charge in [-0.3, -0.25) is 4.79 Å². The maximum absolute atomic E-state index is 13.3. The van der Waals surface area contributed by atoms with Crippen LogP contribution in [0.3, 0.4) is 0 Å². The second-order valence-corrected chi connectivity index (χ2v) is 4.86. The van der Waals surface area contributed by atoms with Crippen molar-refractivity contribution in [3.05, 3.63) is 40.7 Å². The maximum atomic E-state index is 13.3. The molecular formula is C15H13F7O3. The lowest BCUT2D eigenvalue weighted by Gasteiger charge is -2.10. The number of ether oxygens (including phenoxy) is 2. The number of halogens is 7. The first-order valence-corrected chi connectivity index (χ1v) is 6.97. The van der Waals surface area contributed by atoms with Crippen LogP contribution in [0.1, 0.15) is 26.2 Å². The van der Waals surface area contributed by atoms with Gasteiger partial charge in [-0.1, -0.05) is 0 Å². The Morgan fingerprint density at radius 1 is 0.840 bits per heavy atom. The largest absolute Gasteiger partial charge is 0.484 e. The number of rotatable bonds is 8. The zero-order chi connectivity index (χ0) is 19.1. The lowest BCUT2D eigenvalue weighted by Crippen LogP contribution is -2.14. The first-order valence-electron chi connectivity index (χ1n) is 6.97. The minimum Gasteiger partial charge on any atom is -0.484 e. The predicted octanol–water partition coefficient (Wildman–Crippen LogP) is 4.64. The van der Waals surface area contributed by atoms with Crippen molar-refractivity contribution in [3.8, 4) is 5.75 Å². The molecule has 0 saturated heterocycles. The minimum absolute atomic E-state index is 0.0154. The summed E-state index contributed by atoms with van der Waals surface area (Å²) >= 11 is 0. The lowest BCUT2D eigenvalue weighted by molar-refractivity contribution is -0.144. The molecule has 140 valence electrons. The van der Waals surface area contributed by atoms with Crippen LogP contribution in [0.4, 0.5) is 30.7 Å². The third kappa shape index (κ3) is 5.64. The standard InChI is InChI=1S/C15H13F7O3/c1-7(15(21)22)3-2-4-8(23)24-5-6-25-14-12(19)10(17)9(16)11(18)13(14)20/h2-6H2,1H3. The van der Waals surface area contributed by atoms with Gasteiger partial charge in [-0.15, -0.1) is 0 Å².